The molecule has 3 rings (SSSR count). The average molecular weight is 420 g/mol. The summed E-state index contributed by atoms with van der Waals surface area (Å²) in [6, 6.07) is 17.8. The second-order valence-corrected chi connectivity index (χ2v) is 7.25. The molecule has 1 saturated carbocycles. The van der Waals surface area contributed by atoms with Crippen molar-refractivity contribution in [2.24, 2.45) is 5.73 Å². The third-order valence-electron chi connectivity index (χ3n) is 5.29. The molecule has 1 aliphatic rings. The number of methoxy groups -OCH3 is 1. The first kappa shape index (κ1) is 23.2. The molecule has 0 aliphatic heterocycles. The Morgan fingerprint density at radius 3 is 2.38 bits per heavy atom. The van der Waals surface area contributed by atoms with Gasteiger partial charge in [-0.05, 0) is 48.8 Å². The molecule has 1 fully saturated rings. The summed E-state index contributed by atoms with van der Waals surface area (Å²) in [5.74, 6) is 0.989. The van der Waals surface area contributed by atoms with E-state index < -0.39 is 12.0 Å². The van der Waals surface area contributed by atoms with E-state index in [9.17, 15) is 4.79 Å². The molecule has 1 aliphatic carbocycles. The van der Waals surface area contributed by atoms with Gasteiger partial charge in [0.15, 0.2) is 0 Å². The molecule has 0 heterocycles. The van der Waals surface area contributed by atoms with Crippen LogP contribution >= 0.6 is 12.4 Å². The first-order valence-electron chi connectivity index (χ1n) is 9.88. The van der Waals surface area contributed by atoms with Crippen molar-refractivity contribution in [3.63, 3.8) is 0 Å². The number of para-hydroxylation sites is 1. The Bertz CT molecular complexity index is 748. The maximum absolute atomic E-state index is 11.4. The molecule has 6 heteroatoms. The number of ether oxygens (including phenoxy) is 3. The van der Waals surface area contributed by atoms with Crippen molar-refractivity contribution in [1.29, 1.82) is 0 Å². The van der Waals surface area contributed by atoms with Crippen LogP contribution < -0.4 is 10.5 Å². The third-order valence-corrected chi connectivity index (χ3v) is 5.29. The molecule has 0 bridgehead atoms. The van der Waals surface area contributed by atoms with Crippen LogP contribution in [0.5, 0.6) is 5.75 Å². The zero-order valence-electron chi connectivity index (χ0n) is 16.8. The second-order valence-electron chi connectivity index (χ2n) is 7.25. The lowest BCUT2D eigenvalue weighted by molar-refractivity contribution is -0.144. The second kappa shape index (κ2) is 11.8. The minimum Gasteiger partial charge on any atom is -0.489 e. The van der Waals surface area contributed by atoms with Gasteiger partial charge in [0, 0.05) is 0 Å². The van der Waals surface area contributed by atoms with Gasteiger partial charge in [0.1, 0.15) is 18.4 Å². The molecule has 0 unspecified atom stereocenters. The van der Waals surface area contributed by atoms with E-state index in [1.165, 1.54) is 12.7 Å². The Morgan fingerprint density at radius 1 is 1.03 bits per heavy atom. The zero-order valence-corrected chi connectivity index (χ0v) is 17.6. The number of esters is 1. The molecule has 0 radical (unpaired) electrons. The van der Waals surface area contributed by atoms with Gasteiger partial charge >= 0.3 is 5.97 Å². The molecule has 5 nitrogen and oxygen atoms in total. The lowest BCUT2D eigenvalue weighted by Crippen LogP contribution is -2.38. The van der Waals surface area contributed by atoms with Gasteiger partial charge in [0.2, 0.25) is 0 Å². The summed E-state index contributed by atoms with van der Waals surface area (Å²) in [6.45, 7) is 0.778. The Labute approximate surface area is 178 Å². The maximum Gasteiger partial charge on any atom is 0.325 e. The highest BCUT2D eigenvalue weighted by atomic mass is 35.5. The zero-order chi connectivity index (χ0) is 19.8. The molecule has 2 aromatic carbocycles. The number of carbonyl (C=O) groups excluding carboxylic acids is 1. The number of halogens is 1. The van der Waals surface area contributed by atoms with Crippen molar-refractivity contribution in [3.05, 3.63) is 65.7 Å². The number of hydrogen-bond acceptors (Lipinski definition) is 5. The minimum absolute atomic E-state index is 0. The van der Waals surface area contributed by atoms with E-state index in [1.807, 2.05) is 24.3 Å². The van der Waals surface area contributed by atoms with Crippen molar-refractivity contribution in [2.75, 3.05) is 13.7 Å². The standard InChI is InChI=1S/C23H29NO4.ClH/c1-26-23(25)21(24)16-27-19-13-11-18(12-14-19)20-9-5-6-10-22(20)28-15-17-7-3-2-4-8-17;/h2-10,18-19,21H,11-16,24H2,1H3;1H/t18?,19?,21-;/m0./s1. The Kier molecular flexibility index (Phi) is 9.45. The van der Waals surface area contributed by atoms with Crippen molar-refractivity contribution in [2.45, 2.75) is 50.4 Å². The van der Waals surface area contributed by atoms with E-state index in [1.54, 1.807) is 0 Å². The van der Waals surface area contributed by atoms with E-state index in [0.717, 1.165) is 37.0 Å². The lowest BCUT2D eigenvalue weighted by Gasteiger charge is -2.30. The van der Waals surface area contributed by atoms with Gasteiger partial charge in [-0.3, -0.25) is 4.79 Å². The van der Waals surface area contributed by atoms with E-state index in [4.69, 9.17) is 15.2 Å². The van der Waals surface area contributed by atoms with Crippen LogP contribution in [0.25, 0.3) is 0 Å². The summed E-state index contributed by atoms with van der Waals surface area (Å²) in [4.78, 5) is 11.4. The fraction of sp³-hybridized carbons (Fsp3) is 0.435. The smallest absolute Gasteiger partial charge is 0.325 e. The number of nitrogens with two attached hydrogens (primary N) is 1. The van der Waals surface area contributed by atoms with Crippen molar-refractivity contribution in [1.82, 2.24) is 0 Å². The molecular weight excluding hydrogens is 390 g/mol. The number of benzene rings is 2. The monoisotopic (exact) mass is 419 g/mol. The SMILES string of the molecule is COC(=O)[C@@H](N)COC1CCC(c2ccccc2OCc2ccccc2)CC1.Cl. The fourth-order valence-corrected chi connectivity index (χ4v) is 3.68. The normalized spacial score (nSPS) is 19.7. The van der Waals surface area contributed by atoms with Gasteiger partial charge in [0.25, 0.3) is 0 Å². The van der Waals surface area contributed by atoms with Crippen molar-refractivity contribution < 1.29 is 19.0 Å². The summed E-state index contributed by atoms with van der Waals surface area (Å²) in [5.41, 5.74) is 8.18. The van der Waals surface area contributed by atoms with Crippen LogP contribution in [0.1, 0.15) is 42.7 Å². The summed E-state index contributed by atoms with van der Waals surface area (Å²) < 4.78 is 16.6. The Balaban J connectivity index is 0.00000300. The van der Waals surface area contributed by atoms with Gasteiger partial charge < -0.3 is 19.9 Å². The molecule has 29 heavy (non-hydrogen) atoms. The van der Waals surface area contributed by atoms with Crippen molar-refractivity contribution >= 4 is 18.4 Å². The number of hydrogen-bond donors (Lipinski definition) is 1. The van der Waals surface area contributed by atoms with E-state index in [2.05, 4.69) is 35.1 Å². The summed E-state index contributed by atoms with van der Waals surface area (Å²) in [7, 11) is 1.34. The number of carbonyl (C=O) groups is 1. The van der Waals surface area contributed by atoms with Gasteiger partial charge in [-0.15, -0.1) is 12.4 Å². The first-order valence-corrected chi connectivity index (χ1v) is 9.88. The van der Waals surface area contributed by atoms with Crippen LogP contribution in [0.2, 0.25) is 0 Å². The number of rotatable bonds is 8. The van der Waals surface area contributed by atoms with E-state index >= 15 is 0 Å². The molecule has 158 valence electrons. The molecule has 2 aromatic rings. The van der Waals surface area contributed by atoms with Crippen LogP contribution in [-0.2, 0) is 20.9 Å². The molecule has 0 saturated heterocycles. The third kappa shape index (κ3) is 6.74. The van der Waals surface area contributed by atoms with Crippen LogP contribution in [-0.4, -0.2) is 31.8 Å². The van der Waals surface area contributed by atoms with Crippen LogP contribution in [0.15, 0.2) is 54.6 Å². The van der Waals surface area contributed by atoms with E-state index in [-0.39, 0.29) is 25.1 Å². The molecular formula is C23H30ClNO4. The molecule has 2 N–H and O–H groups in total. The highest BCUT2D eigenvalue weighted by Crippen LogP contribution is 2.38. The van der Waals surface area contributed by atoms with Crippen LogP contribution in [0.3, 0.4) is 0 Å². The van der Waals surface area contributed by atoms with Crippen molar-refractivity contribution in [3.8, 4) is 5.75 Å². The summed E-state index contributed by atoms with van der Waals surface area (Å²) in [5, 5.41) is 0. The predicted octanol–water partition coefficient (Wildman–Crippen LogP) is 4.23. The highest BCUT2D eigenvalue weighted by molar-refractivity contribution is 5.85. The average Bonchev–Trinajstić information content (AvgIpc) is 2.76. The molecule has 0 amide bonds. The van der Waals surface area contributed by atoms with Crippen LogP contribution in [0.4, 0.5) is 0 Å². The van der Waals surface area contributed by atoms with Gasteiger partial charge in [0.05, 0.1) is 19.8 Å². The van der Waals surface area contributed by atoms with Gasteiger partial charge in [-0.25, -0.2) is 0 Å². The largest absolute Gasteiger partial charge is 0.489 e. The van der Waals surface area contributed by atoms with E-state index in [0.29, 0.717) is 12.5 Å². The Morgan fingerprint density at radius 2 is 1.69 bits per heavy atom. The molecule has 0 aromatic heterocycles. The maximum atomic E-state index is 11.4. The predicted molar refractivity (Wildman–Crippen MR) is 115 cm³/mol. The van der Waals surface area contributed by atoms with Gasteiger partial charge in [-0.1, -0.05) is 48.5 Å². The fourth-order valence-electron chi connectivity index (χ4n) is 3.68. The van der Waals surface area contributed by atoms with Gasteiger partial charge in [-0.2, -0.15) is 0 Å². The highest BCUT2D eigenvalue weighted by Gasteiger charge is 2.26. The molecule has 0 spiro atoms. The van der Waals surface area contributed by atoms with Crippen LogP contribution in [0, 0.1) is 0 Å². The first-order chi connectivity index (χ1) is 13.7. The molecule has 1 atom stereocenters. The topological polar surface area (TPSA) is 70.8 Å². The Hall–Kier alpha value is -2.08. The lowest BCUT2D eigenvalue weighted by atomic mass is 9.82. The minimum atomic E-state index is -0.713. The quantitative estimate of drug-likeness (QED) is 0.648. The summed E-state index contributed by atoms with van der Waals surface area (Å²) in [6.07, 6.45) is 4.11. The summed E-state index contributed by atoms with van der Waals surface area (Å²) >= 11 is 0.